The van der Waals surface area contributed by atoms with Crippen molar-refractivity contribution < 1.29 is 9.90 Å². The summed E-state index contributed by atoms with van der Waals surface area (Å²) in [5.41, 5.74) is 1.23. The number of carboxylic acid groups (broad SMARTS) is 1. The average molecular weight is 283 g/mol. The van der Waals surface area contributed by atoms with Crippen molar-refractivity contribution in [3.05, 3.63) is 45.7 Å². The molecule has 76 valence electrons. The third kappa shape index (κ3) is 2.27. The lowest BCUT2D eigenvalue weighted by Gasteiger charge is -2.01. The number of benzene rings is 1. The molecule has 0 atom stereocenters. The van der Waals surface area contributed by atoms with Gasteiger partial charge in [0.1, 0.15) is 0 Å². The van der Waals surface area contributed by atoms with E-state index in [2.05, 4.69) is 15.9 Å². The molecule has 0 saturated carbocycles. The molecule has 0 fully saturated rings. The maximum Gasteiger partial charge on any atom is 0.335 e. The van der Waals surface area contributed by atoms with E-state index in [1.165, 1.54) is 0 Å². The molecule has 0 unspecified atom stereocenters. The van der Waals surface area contributed by atoms with E-state index in [-0.39, 0.29) is 0 Å². The van der Waals surface area contributed by atoms with Gasteiger partial charge in [-0.1, -0.05) is 22.0 Å². The molecule has 0 aliphatic rings. The molecule has 2 rings (SSSR count). The normalized spacial score (nSPS) is 10.2. The van der Waals surface area contributed by atoms with Crippen molar-refractivity contribution >= 4 is 33.2 Å². The third-order valence-electron chi connectivity index (χ3n) is 1.95. The molecular weight excluding hydrogens is 276 g/mol. The molecule has 0 spiro atoms. The summed E-state index contributed by atoms with van der Waals surface area (Å²) in [6.45, 7) is 0. The van der Waals surface area contributed by atoms with Crippen molar-refractivity contribution in [2.75, 3.05) is 0 Å². The Balaban J connectivity index is 2.54. The van der Waals surface area contributed by atoms with Crippen LogP contribution in [0.3, 0.4) is 0 Å². The molecule has 15 heavy (non-hydrogen) atoms. The van der Waals surface area contributed by atoms with E-state index in [0.29, 0.717) is 5.56 Å². The quantitative estimate of drug-likeness (QED) is 0.908. The average Bonchev–Trinajstić information content (AvgIpc) is 2.69. The Morgan fingerprint density at radius 1 is 1.33 bits per heavy atom. The van der Waals surface area contributed by atoms with Gasteiger partial charge >= 0.3 is 5.97 Å². The first kappa shape index (κ1) is 10.4. The predicted octanol–water partition coefficient (Wildman–Crippen LogP) is 3.88. The minimum Gasteiger partial charge on any atom is -0.478 e. The number of rotatable bonds is 2. The second-order valence-corrected chi connectivity index (χ2v) is 4.87. The minimum absolute atomic E-state index is 0.299. The monoisotopic (exact) mass is 282 g/mol. The minimum atomic E-state index is -0.908. The fraction of sp³-hybridized carbons (Fsp3) is 0. The number of aromatic carboxylic acids is 1. The van der Waals surface area contributed by atoms with Crippen LogP contribution in [-0.2, 0) is 0 Å². The molecule has 1 heterocycles. The van der Waals surface area contributed by atoms with Crippen LogP contribution in [0.5, 0.6) is 0 Å². The van der Waals surface area contributed by atoms with Crippen LogP contribution in [0, 0.1) is 0 Å². The fourth-order valence-electron chi connectivity index (χ4n) is 1.30. The van der Waals surface area contributed by atoms with Gasteiger partial charge < -0.3 is 5.11 Å². The van der Waals surface area contributed by atoms with Crippen molar-refractivity contribution in [1.82, 2.24) is 0 Å². The van der Waals surface area contributed by atoms with Crippen LogP contribution in [0.1, 0.15) is 10.4 Å². The standard InChI is InChI=1S/C11H7BrO2S/c12-9-5-7(10-2-1-3-15-10)4-8(6-9)11(13)14/h1-6H,(H,13,14). The van der Waals surface area contributed by atoms with Gasteiger partial charge in [-0.05, 0) is 35.2 Å². The van der Waals surface area contributed by atoms with E-state index in [9.17, 15) is 4.79 Å². The van der Waals surface area contributed by atoms with Gasteiger partial charge in [0, 0.05) is 9.35 Å². The summed E-state index contributed by atoms with van der Waals surface area (Å²) in [4.78, 5) is 11.9. The van der Waals surface area contributed by atoms with Crippen molar-refractivity contribution in [1.29, 1.82) is 0 Å². The van der Waals surface area contributed by atoms with Crippen molar-refractivity contribution in [3.63, 3.8) is 0 Å². The van der Waals surface area contributed by atoms with Crippen molar-refractivity contribution in [3.8, 4) is 10.4 Å². The Kier molecular flexibility index (Phi) is 2.88. The highest BCUT2D eigenvalue weighted by molar-refractivity contribution is 9.10. The number of halogens is 1. The van der Waals surface area contributed by atoms with Gasteiger partial charge in [-0.3, -0.25) is 0 Å². The van der Waals surface area contributed by atoms with Crippen LogP contribution in [0.4, 0.5) is 0 Å². The van der Waals surface area contributed by atoms with E-state index in [0.717, 1.165) is 14.9 Å². The summed E-state index contributed by atoms with van der Waals surface area (Å²) in [5.74, 6) is -0.908. The van der Waals surface area contributed by atoms with Crippen LogP contribution in [0.2, 0.25) is 0 Å². The molecule has 2 nitrogen and oxygen atoms in total. The molecular formula is C11H7BrO2S. The molecule has 1 aromatic heterocycles. The lowest BCUT2D eigenvalue weighted by molar-refractivity contribution is 0.0697. The van der Waals surface area contributed by atoms with Crippen molar-refractivity contribution in [2.45, 2.75) is 0 Å². The molecule has 0 radical (unpaired) electrons. The Hall–Kier alpha value is -1.13. The van der Waals surface area contributed by atoms with Crippen LogP contribution >= 0.6 is 27.3 Å². The van der Waals surface area contributed by atoms with Gasteiger partial charge in [-0.2, -0.15) is 0 Å². The summed E-state index contributed by atoms with van der Waals surface area (Å²) in [6, 6.07) is 9.11. The molecule has 1 N–H and O–H groups in total. The summed E-state index contributed by atoms with van der Waals surface area (Å²) in [6.07, 6.45) is 0. The Labute approximate surface area is 99.3 Å². The van der Waals surface area contributed by atoms with Gasteiger partial charge in [0.15, 0.2) is 0 Å². The first-order chi connectivity index (χ1) is 7.16. The molecule has 0 bridgehead atoms. The molecule has 0 amide bonds. The van der Waals surface area contributed by atoms with Crippen LogP contribution < -0.4 is 0 Å². The lowest BCUT2D eigenvalue weighted by atomic mass is 10.1. The van der Waals surface area contributed by atoms with E-state index in [1.54, 1.807) is 23.5 Å². The molecule has 0 saturated heterocycles. The fourth-order valence-corrected chi connectivity index (χ4v) is 2.51. The second kappa shape index (κ2) is 4.16. The second-order valence-electron chi connectivity index (χ2n) is 3.01. The number of hydrogen-bond donors (Lipinski definition) is 1. The van der Waals surface area contributed by atoms with Crippen LogP contribution in [0.25, 0.3) is 10.4 Å². The largest absolute Gasteiger partial charge is 0.478 e. The molecule has 4 heteroatoms. The van der Waals surface area contributed by atoms with Crippen LogP contribution in [0.15, 0.2) is 40.2 Å². The number of thiophene rings is 1. The highest BCUT2D eigenvalue weighted by Crippen LogP contribution is 2.28. The maximum atomic E-state index is 10.9. The molecule has 0 aliphatic heterocycles. The number of hydrogen-bond acceptors (Lipinski definition) is 2. The van der Waals surface area contributed by atoms with Gasteiger partial charge in [0.25, 0.3) is 0 Å². The number of carbonyl (C=O) groups is 1. The summed E-state index contributed by atoms with van der Waals surface area (Å²) in [5, 5.41) is 10.9. The maximum absolute atomic E-state index is 10.9. The zero-order valence-corrected chi connectivity index (χ0v) is 10.0. The van der Waals surface area contributed by atoms with Crippen LogP contribution in [-0.4, -0.2) is 11.1 Å². The van der Waals surface area contributed by atoms with E-state index in [4.69, 9.17) is 5.11 Å². The zero-order valence-electron chi connectivity index (χ0n) is 7.61. The van der Waals surface area contributed by atoms with Gasteiger partial charge in [-0.15, -0.1) is 11.3 Å². The highest BCUT2D eigenvalue weighted by atomic mass is 79.9. The van der Waals surface area contributed by atoms with Crippen molar-refractivity contribution in [2.24, 2.45) is 0 Å². The van der Waals surface area contributed by atoms with Gasteiger partial charge in [-0.25, -0.2) is 4.79 Å². The summed E-state index contributed by atoms with van der Waals surface area (Å²) in [7, 11) is 0. The summed E-state index contributed by atoms with van der Waals surface area (Å²) < 4.78 is 0.783. The van der Waals surface area contributed by atoms with E-state index < -0.39 is 5.97 Å². The Morgan fingerprint density at radius 2 is 2.13 bits per heavy atom. The first-order valence-corrected chi connectivity index (χ1v) is 5.92. The Morgan fingerprint density at radius 3 is 2.73 bits per heavy atom. The predicted molar refractivity (Wildman–Crippen MR) is 64.4 cm³/mol. The van der Waals surface area contributed by atoms with E-state index >= 15 is 0 Å². The lowest BCUT2D eigenvalue weighted by Crippen LogP contribution is -1.96. The van der Waals surface area contributed by atoms with E-state index in [1.807, 2.05) is 23.6 Å². The smallest absolute Gasteiger partial charge is 0.335 e. The van der Waals surface area contributed by atoms with Gasteiger partial charge in [0.2, 0.25) is 0 Å². The molecule has 1 aromatic carbocycles. The molecule has 0 aliphatic carbocycles. The van der Waals surface area contributed by atoms with Gasteiger partial charge in [0.05, 0.1) is 5.56 Å². The first-order valence-electron chi connectivity index (χ1n) is 4.24. The molecule has 2 aromatic rings. The Bertz CT molecular complexity index is 491. The zero-order chi connectivity index (χ0) is 10.8. The highest BCUT2D eigenvalue weighted by Gasteiger charge is 2.07. The third-order valence-corrected chi connectivity index (χ3v) is 3.33. The SMILES string of the molecule is O=C(O)c1cc(Br)cc(-c2cccs2)c1. The summed E-state index contributed by atoms with van der Waals surface area (Å²) >= 11 is 4.90. The number of carboxylic acids is 1. The topological polar surface area (TPSA) is 37.3 Å².